The maximum atomic E-state index is 13.2. The van der Waals surface area contributed by atoms with Crippen molar-refractivity contribution in [1.29, 1.82) is 0 Å². The third kappa shape index (κ3) is 1.95. The number of fused-ring (bicyclic) bond motifs is 1. The van der Waals surface area contributed by atoms with E-state index in [2.05, 4.69) is 4.98 Å². The predicted molar refractivity (Wildman–Crippen MR) is 68.0 cm³/mol. The smallest absolute Gasteiger partial charge is 0.335 e. The lowest BCUT2D eigenvalue weighted by Gasteiger charge is -2.04. The highest BCUT2D eigenvalue weighted by Gasteiger charge is 2.09. The number of hydrogen-bond donors (Lipinski definition) is 1. The molecule has 19 heavy (non-hydrogen) atoms. The van der Waals surface area contributed by atoms with Crippen LogP contribution in [0.2, 0.25) is 0 Å². The van der Waals surface area contributed by atoms with Gasteiger partial charge < -0.3 is 5.11 Å². The Bertz CT molecular complexity index is 780. The van der Waals surface area contributed by atoms with Gasteiger partial charge in [0, 0.05) is 0 Å². The third-order valence-corrected chi connectivity index (χ3v) is 2.88. The second-order valence-electron chi connectivity index (χ2n) is 4.10. The van der Waals surface area contributed by atoms with Crippen molar-refractivity contribution in [3.05, 3.63) is 60.2 Å². The van der Waals surface area contributed by atoms with Crippen LogP contribution in [0.25, 0.3) is 16.7 Å². The van der Waals surface area contributed by atoms with E-state index in [9.17, 15) is 9.18 Å². The van der Waals surface area contributed by atoms with Gasteiger partial charge in [-0.15, -0.1) is 0 Å². The number of carbonyl (C=O) groups is 1. The summed E-state index contributed by atoms with van der Waals surface area (Å²) in [5.41, 5.74) is 2.07. The summed E-state index contributed by atoms with van der Waals surface area (Å²) in [6.45, 7) is 0. The Labute approximate surface area is 107 Å². The predicted octanol–water partition coefficient (Wildman–Crippen LogP) is 2.86. The molecule has 0 unspecified atom stereocenters. The molecule has 3 aromatic rings. The number of hydrogen-bond acceptors (Lipinski definition) is 2. The second kappa shape index (κ2) is 4.20. The van der Waals surface area contributed by atoms with E-state index >= 15 is 0 Å². The summed E-state index contributed by atoms with van der Waals surface area (Å²) in [5, 5.41) is 9.00. The van der Waals surface area contributed by atoms with Gasteiger partial charge in [-0.25, -0.2) is 14.2 Å². The van der Waals surface area contributed by atoms with Crippen molar-refractivity contribution in [2.45, 2.75) is 0 Å². The minimum absolute atomic E-state index is 0.172. The fourth-order valence-electron chi connectivity index (χ4n) is 1.97. The standard InChI is InChI=1S/C14H9FN2O2/c15-10-2-1-3-11(7-10)17-8-16-12-5-4-9(14(18)19)6-13(12)17/h1-8H,(H,18,19). The van der Waals surface area contributed by atoms with E-state index in [1.54, 1.807) is 29.1 Å². The highest BCUT2D eigenvalue weighted by Crippen LogP contribution is 2.20. The molecular weight excluding hydrogens is 247 g/mol. The molecule has 3 rings (SSSR count). The molecule has 1 N–H and O–H groups in total. The van der Waals surface area contributed by atoms with Crippen LogP contribution in [0.5, 0.6) is 0 Å². The zero-order valence-corrected chi connectivity index (χ0v) is 9.75. The molecule has 0 saturated heterocycles. The van der Waals surface area contributed by atoms with Crippen LogP contribution in [-0.2, 0) is 0 Å². The molecule has 4 nitrogen and oxygen atoms in total. The lowest BCUT2D eigenvalue weighted by Crippen LogP contribution is -1.97. The summed E-state index contributed by atoms with van der Waals surface area (Å²) in [4.78, 5) is 15.2. The molecule has 0 radical (unpaired) electrons. The molecule has 0 fully saturated rings. The number of carboxylic acids is 1. The maximum Gasteiger partial charge on any atom is 0.335 e. The Kier molecular flexibility index (Phi) is 2.52. The fraction of sp³-hybridized carbons (Fsp3) is 0. The first-order valence-electron chi connectivity index (χ1n) is 5.61. The van der Waals surface area contributed by atoms with Crippen LogP contribution in [0.15, 0.2) is 48.8 Å². The van der Waals surface area contributed by atoms with Gasteiger partial charge in [0.05, 0.1) is 22.3 Å². The number of benzene rings is 2. The molecule has 0 bridgehead atoms. The van der Waals surface area contributed by atoms with E-state index in [1.165, 1.54) is 24.3 Å². The zero-order valence-electron chi connectivity index (χ0n) is 9.75. The Morgan fingerprint density at radius 2 is 2.05 bits per heavy atom. The first-order chi connectivity index (χ1) is 9.15. The van der Waals surface area contributed by atoms with Crippen molar-refractivity contribution < 1.29 is 14.3 Å². The quantitative estimate of drug-likeness (QED) is 0.767. The number of halogens is 1. The molecule has 1 aromatic heterocycles. The first-order valence-corrected chi connectivity index (χ1v) is 5.61. The van der Waals surface area contributed by atoms with Gasteiger partial charge in [-0.2, -0.15) is 0 Å². The van der Waals surface area contributed by atoms with Crippen molar-refractivity contribution in [2.75, 3.05) is 0 Å². The molecule has 0 saturated carbocycles. The van der Waals surface area contributed by atoms with Gasteiger partial charge in [-0.3, -0.25) is 4.57 Å². The number of aromatic carboxylic acids is 1. The SMILES string of the molecule is O=C(O)c1ccc2ncn(-c3cccc(F)c3)c2c1. The minimum Gasteiger partial charge on any atom is -0.478 e. The van der Waals surface area contributed by atoms with Crippen LogP contribution in [0.4, 0.5) is 4.39 Å². The molecule has 0 aliphatic rings. The molecule has 5 heteroatoms. The van der Waals surface area contributed by atoms with Gasteiger partial charge in [-0.05, 0) is 36.4 Å². The van der Waals surface area contributed by atoms with Crippen LogP contribution < -0.4 is 0 Å². The Balaban J connectivity index is 2.24. The number of aromatic nitrogens is 2. The Morgan fingerprint density at radius 3 is 2.79 bits per heavy atom. The van der Waals surface area contributed by atoms with Crippen LogP contribution in [0.3, 0.4) is 0 Å². The topological polar surface area (TPSA) is 55.1 Å². The van der Waals surface area contributed by atoms with Crippen molar-refractivity contribution >= 4 is 17.0 Å². The van der Waals surface area contributed by atoms with E-state index in [1.807, 2.05) is 0 Å². The summed E-state index contributed by atoms with van der Waals surface area (Å²) in [6.07, 6.45) is 1.55. The average Bonchev–Trinajstić information content (AvgIpc) is 2.81. The number of nitrogens with zero attached hydrogens (tertiary/aromatic N) is 2. The molecule has 1 heterocycles. The number of carboxylic acid groups (broad SMARTS) is 1. The number of rotatable bonds is 2. The molecule has 0 spiro atoms. The fourth-order valence-corrected chi connectivity index (χ4v) is 1.97. The van der Waals surface area contributed by atoms with Gasteiger partial charge in [0.2, 0.25) is 0 Å². The largest absolute Gasteiger partial charge is 0.478 e. The van der Waals surface area contributed by atoms with Crippen LogP contribution in [0, 0.1) is 5.82 Å². The lowest BCUT2D eigenvalue weighted by atomic mass is 10.2. The summed E-state index contributed by atoms with van der Waals surface area (Å²) >= 11 is 0. The molecule has 0 atom stereocenters. The number of imidazole rings is 1. The first kappa shape index (κ1) is 11.4. The monoisotopic (exact) mass is 256 g/mol. The molecule has 0 aliphatic heterocycles. The molecule has 0 aliphatic carbocycles. The molecular formula is C14H9FN2O2. The van der Waals surface area contributed by atoms with E-state index < -0.39 is 5.97 Å². The normalized spacial score (nSPS) is 10.8. The van der Waals surface area contributed by atoms with Crippen molar-refractivity contribution in [2.24, 2.45) is 0 Å². The van der Waals surface area contributed by atoms with Crippen molar-refractivity contribution in [3.63, 3.8) is 0 Å². The summed E-state index contributed by atoms with van der Waals surface area (Å²) in [7, 11) is 0. The van der Waals surface area contributed by atoms with E-state index in [0.29, 0.717) is 16.7 Å². The summed E-state index contributed by atoms with van der Waals surface area (Å²) in [6, 6.07) is 10.7. The van der Waals surface area contributed by atoms with E-state index in [-0.39, 0.29) is 11.4 Å². The van der Waals surface area contributed by atoms with Crippen molar-refractivity contribution in [1.82, 2.24) is 9.55 Å². The van der Waals surface area contributed by atoms with E-state index in [4.69, 9.17) is 5.11 Å². The van der Waals surface area contributed by atoms with Gasteiger partial charge in [0.25, 0.3) is 0 Å². The highest BCUT2D eigenvalue weighted by atomic mass is 19.1. The Hall–Kier alpha value is -2.69. The third-order valence-electron chi connectivity index (χ3n) is 2.88. The Morgan fingerprint density at radius 1 is 1.21 bits per heavy atom. The molecule has 2 aromatic carbocycles. The van der Waals surface area contributed by atoms with Crippen LogP contribution >= 0.6 is 0 Å². The van der Waals surface area contributed by atoms with Crippen LogP contribution in [-0.4, -0.2) is 20.6 Å². The van der Waals surface area contributed by atoms with E-state index in [0.717, 1.165) is 0 Å². The van der Waals surface area contributed by atoms with Gasteiger partial charge >= 0.3 is 5.97 Å². The van der Waals surface area contributed by atoms with Crippen molar-refractivity contribution in [3.8, 4) is 5.69 Å². The van der Waals surface area contributed by atoms with Crippen LogP contribution in [0.1, 0.15) is 10.4 Å². The van der Waals surface area contributed by atoms with Gasteiger partial charge in [-0.1, -0.05) is 6.07 Å². The molecule has 0 amide bonds. The zero-order chi connectivity index (χ0) is 13.4. The van der Waals surface area contributed by atoms with Gasteiger partial charge in [0.1, 0.15) is 12.1 Å². The summed E-state index contributed by atoms with van der Waals surface area (Å²) < 4.78 is 14.9. The minimum atomic E-state index is -1.01. The van der Waals surface area contributed by atoms with Gasteiger partial charge in [0.15, 0.2) is 0 Å². The molecule has 94 valence electrons. The second-order valence-corrected chi connectivity index (χ2v) is 4.10. The average molecular weight is 256 g/mol. The lowest BCUT2D eigenvalue weighted by molar-refractivity contribution is 0.0697. The highest BCUT2D eigenvalue weighted by molar-refractivity contribution is 5.92. The summed E-state index contributed by atoms with van der Waals surface area (Å²) in [5.74, 6) is -1.36. The maximum absolute atomic E-state index is 13.2.